The van der Waals surface area contributed by atoms with Crippen molar-refractivity contribution in [2.24, 2.45) is 17.8 Å². The Bertz CT molecular complexity index is 445. The average Bonchev–Trinajstić information content (AvgIpc) is 2.71. The molecule has 21 heavy (non-hydrogen) atoms. The molecule has 4 unspecified atom stereocenters. The van der Waals surface area contributed by atoms with E-state index in [9.17, 15) is 14.4 Å². The fourth-order valence-electron chi connectivity index (χ4n) is 3.23. The van der Waals surface area contributed by atoms with Crippen LogP contribution in [0.1, 0.15) is 46.0 Å². The molecule has 1 fully saturated rings. The summed E-state index contributed by atoms with van der Waals surface area (Å²) >= 11 is 0. The number of hydrogen-bond donors (Lipinski definition) is 1. The van der Waals surface area contributed by atoms with Crippen LogP contribution < -0.4 is 0 Å². The van der Waals surface area contributed by atoms with E-state index in [0.29, 0.717) is 32.1 Å². The summed E-state index contributed by atoms with van der Waals surface area (Å²) in [6.07, 6.45) is 7.23. The number of fused-ring (bicyclic) bond motifs is 1. The fourth-order valence-corrected chi connectivity index (χ4v) is 3.23. The number of amides is 2. The van der Waals surface area contributed by atoms with Crippen molar-refractivity contribution < 1.29 is 19.5 Å². The van der Waals surface area contributed by atoms with Crippen molar-refractivity contribution in [3.05, 3.63) is 12.2 Å². The Morgan fingerprint density at radius 1 is 1.19 bits per heavy atom. The first-order valence-corrected chi connectivity index (χ1v) is 7.68. The zero-order chi connectivity index (χ0) is 15.6. The minimum absolute atomic E-state index is 0.0480. The van der Waals surface area contributed by atoms with Gasteiger partial charge >= 0.3 is 5.97 Å². The molecule has 0 aromatic carbocycles. The van der Waals surface area contributed by atoms with Crippen LogP contribution in [0, 0.1) is 17.8 Å². The third kappa shape index (κ3) is 3.17. The zero-order valence-electron chi connectivity index (χ0n) is 12.6. The second kappa shape index (κ2) is 6.41. The van der Waals surface area contributed by atoms with Gasteiger partial charge in [-0.1, -0.05) is 25.5 Å². The maximum absolute atomic E-state index is 12.4. The molecule has 1 heterocycles. The van der Waals surface area contributed by atoms with E-state index >= 15 is 0 Å². The highest BCUT2D eigenvalue weighted by Gasteiger charge is 2.48. The first kappa shape index (κ1) is 15.7. The van der Waals surface area contributed by atoms with Gasteiger partial charge in [-0.25, -0.2) is 0 Å². The van der Waals surface area contributed by atoms with Gasteiger partial charge in [-0.2, -0.15) is 0 Å². The van der Waals surface area contributed by atoms with Gasteiger partial charge in [-0.15, -0.1) is 0 Å². The molecule has 0 spiro atoms. The van der Waals surface area contributed by atoms with Crippen LogP contribution in [0.3, 0.4) is 0 Å². The van der Waals surface area contributed by atoms with Crippen LogP contribution in [-0.4, -0.2) is 33.8 Å². The largest absolute Gasteiger partial charge is 0.481 e. The summed E-state index contributed by atoms with van der Waals surface area (Å²) in [7, 11) is 0. The van der Waals surface area contributed by atoms with Gasteiger partial charge < -0.3 is 5.11 Å². The molecule has 0 bridgehead atoms. The fraction of sp³-hybridized carbons (Fsp3) is 0.688. The number of carboxylic acids is 1. The summed E-state index contributed by atoms with van der Waals surface area (Å²) in [6.45, 7) is 3.56. The summed E-state index contributed by atoms with van der Waals surface area (Å²) in [4.78, 5) is 37.0. The molecule has 4 atom stereocenters. The van der Waals surface area contributed by atoms with Crippen molar-refractivity contribution in [3.8, 4) is 0 Å². The second-order valence-corrected chi connectivity index (χ2v) is 6.22. The number of aliphatic carboxylic acids is 1. The molecule has 1 aliphatic heterocycles. The van der Waals surface area contributed by atoms with E-state index in [0.717, 1.165) is 0 Å². The molecule has 1 aliphatic carbocycles. The van der Waals surface area contributed by atoms with Crippen molar-refractivity contribution >= 4 is 17.8 Å². The van der Waals surface area contributed by atoms with Gasteiger partial charge in [0.2, 0.25) is 11.8 Å². The molecule has 2 rings (SSSR count). The smallest absolute Gasteiger partial charge is 0.306 e. The summed E-state index contributed by atoms with van der Waals surface area (Å²) in [5.41, 5.74) is 0. The minimum Gasteiger partial charge on any atom is -0.481 e. The first-order chi connectivity index (χ1) is 9.93. The van der Waals surface area contributed by atoms with Gasteiger partial charge in [0.15, 0.2) is 0 Å². The molecule has 0 radical (unpaired) electrons. The Balaban J connectivity index is 1.91. The highest BCUT2D eigenvalue weighted by atomic mass is 16.4. The van der Waals surface area contributed by atoms with E-state index in [2.05, 4.69) is 0 Å². The van der Waals surface area contributed by atoms with Crippen LogP contribution in [0.25, 0.3) is 0 Å². The topological polar surface area (TPSA) is 74.7 Å². The summed E-state index contributed by atoms with van der Waals surface area (Å²) < 4.78 is 0. The average molecular weight is 293 g/mol. The molecular formula is C16H23NO4. The van der Waals surface area contributed by atoms with E-state index in [1.165, 1.54) is 4.90 Å². The lowest BCUT2D eigenvalue weighted by Crippen LogP contribution is -2.39. The van der Waals surface area contributed by atoms with Crippen molar-refractivity contribution in [2.75, 3.05) is 0 Å². The number of hydrogen-bond acceptors (Lipinski definition) is 3. The number of carbonyl (C=O) groups excluding carboxylic acids is 2. The predicted octanol–water partition coefficient (Wildman–Crippen LogP) is 2.22. The number of nitrogens with zero attached hydrogens (tertiary/aromatic N) is 1. The van der Waals surface area contributed by atoms with Gasteiger partial charge in [-0.3, -0.25) is 19.3 Å². The Morgan fingerprint density at radius 2 is 1.71 bits per heavy atom. The molecule has 0 saturated carbocycles. The van der Waals surface area contributed by atoms with Crippen LogP contribution in [0.2, 0.25) is 0 Å². The number of allylic oxidation sites excluding steroid dienone is 2. The maximum atomic E-state index is 12.4. The van der Waals surface area contributed by atoms with Crippen LogP contribution >= 0.6 is 0 Å². The summed E-state index contributed by atoms with van der Waals surface area (Å²) in [6, 6.07) is -0.142. The summed E-state index contributed by atoms with van der Waals surface area (Å²) in [5.74, 6) is -1.63. The number of rotatable bonds is 6. The van der Waals surface area contributed by atoms with Crippen LogP contribution in [-0.2, 0) is 14.4 Å². The summed E-state index contributed by atoms with van der Waals surface area (Å²) in [5, 5.41) is 8.86. The van der Waals surface area contributed by atoms with Gasteiger partial charge in [0.1, 0.15) is 0 Å². The van der Waals surface area contributed by atoms with E-state index in [1.807, 2.05) is 19.1 Å². The number of carboxylic acid groups (broad SMARTS) is 1. The Hall–Kier alpha value is -1.65. The zero-order valence-corrected chi connectivity index (χ0v) is 12.6. The van der Waals surface area contributed by atoms with E-state index < -0.39 is 5.97 Å². The molecule has 116 valence electrons. The van der Waals surface area contributed by atoms with Crippen molar-refractivity contribution in [3.63, 3.8) is 0 Å². The highest BCUT2D eigenvalue weighted by Crippen LogP contribution is 2.36. The molecule has 0 aromatic rings. The van der Waals surface area contributed by atoms with Crippen molar-refractivity contribution in [2.45, 2.75) is 52.0 Å². The van der Waals surface area contributed by atoms with Crippen LogP contribution in [0.15, 0.2) is 12.2 Å². The third-order valence-electron chi connectivity index (χ3n) is 4.66. The molecule has 2 aliphatic rings. The lowest BCUT2D eigenvalue weighted by Gasteiger charge is -2.23. The molecule has 5 nitrogen and oxygen atoms in total. The third-order valence-corrected chi connectivity index (χ3v) is 4.66. The molecule has 0 aromatic heterocycles. The molecular weight excluding hydrogens is 270 g/mol. The highest BCUT2D eigenvalue weighted by molar-refractivity contribution is 6.05. The maximum Gasteiger partial charge on any atom is 0.306 e. The van der Waals surface area contributed by atoms with Gasteiger partial charge in [0.25, 0.3) is 0 Å². The van der Waals surface area contributed by atoms with Gasteiger partial charge in [0.05, 0.1) is 17.8 Å². The Kier molecular flexibility index (Phi) is 4.80. The van der Waals surface area contributed by atoms with E-state index in [1.54, 1.807) is 6.92 Å². The van der Waals surface area contributed by atoms with Gasteiger partial charge in [0, 0.05) is 6.04 Å². The van der Waals surface area contributed by atoms with Crippen molar-refractivity contribution in [1.29, 1.82) is 0 Å². The van der Waals surface area contributed by atoms with E-state index in [-0.39, 0.29) is 35.6 Å². The molecule has 1 saturated heterocycles. The standard InChI is InChI=1S/C16H23NO4/c1-10(16(20)21)6-5-7-11(2)17-14(18)12-8-3-4-9-13(12)15(17)19/h3-4,10-13H,5-9H2,1-2H3,(H,20,21). The lowest BCUT2D eigenvalue weighted by atomic mass is 9.85. The Labute approximate surface area is 125 Å². The number of imide groups is 1. The second-order valence-electron chi connectivity index (χ2n) is 6.22. The normalized spacial score (nSPS) is 27.6. The van der Waals surface area contributed by atoms with E-state index in [4.69, 9.17) is 5.11 Å². The molecule has 5 heteroatoms. The minimum atomic E-state index is -0.798. The number of likely N-dealkylation sites (tertiary alicyclic amines) is 1. The molecule has 2 amide bonds. The Morgan fingerprint density at radius 3 is 2.19 bits per heavy atom. The predicted molar refractivity (Wildman–Crippen MR) is 77.3 cm³/mol. The first-order valence-electron chi connectivity index (χ1n) is 7.68. The SMILES string of the molecule is CC(CCCC(C)N1C(=O)C2CC=CCC2C1=O)C(=O)O. The molecule has 1 N–H and O–H groups in total. The quantitative estimate of drug-likeness (QED) is 0.602. The van der Waals surface area contributed by atoms with Gasteiger partial charge in [-0.05, 0) is 32.6 Å². The van der Waals surface area contributed by atoms with Crippen LogP contribution in [0.4, 0.5) is 0 Å². The van der Waals surface area contributed by atoms with Crippen LogP contribution in [0.5, 0.6) is 0 Å². The monoisotopic (exact) mass is 293 g/mol. The van der Waals surface area contributed by atoms with Crippen molar-refractivity contribution in [1.82, 2.24) is 4.90 Å². The number of carbonyl (C=O) groups is 3. The lowest BCUT2D eigenvalue weighted by molar-refractivity contribution is -0.143.